The number of aryl methyl sites for hydroxylation is 1. The summed E-state index contributed by atoms with van der Waals surface area (Å²) in [6.45, 7) is 5.79. The number of nitrogens with one attached hydrogen (secondary N) is 1. The molecule has 0 saturated heterocycles. The molecule has 1 aromatic rings. The van der Waals surface area contributed by atoms with Gasteiger partial charge in [-0.3, -0.25) is 4.68 Å². The molecule has 102 valence electrons. The van der Waals surface area contributed by atoms with Crippen LogP contribution in [0.4, 0.5) is 4.79 Å². The molecule has 1 amide bonds. The molecular weight excluding hydrogens is 234 g/mol. The Labute approximate surface area is 107 Å². The molecule has 1 aromatic heterocycles. The maximum absolute atomic E-state index is 11.4. The molecule has 1 unspecified atom stereocenters. The average molecular weight is 255 g/mol. The lowest BCUT2D eigenvalue weighted by Gasteiger charge is -2.20. The Kier molecular flexibility index (Phi) is 4.66. The van der Waals surface area contributed by atoms with Crippen LogP contribution in [-0.2, 0) is 18.2 Å². The quantitative estimate of drug-likeness (QED) is 0.802. The Balaban J connectivity index is 2.31. The van der Waals surface area contributed by atoms with Gasteiger partial charge in [0.2, 0.25) is 0 Å². The van der Waals surface area contributed by atoms with Crippen molar-refractivity contribution in [2.45, 2.75) is 38.8 Å². The average Bonchev–Trinajstić information content (AvgIpc) is 2.59. The number of hydrogen-bond acceptors (Lipinski definition) is 5. The zero-order valence-electron chi connectivity index (χ0n) is 11.3. The minimum Gasteiger partial charge on any atom is -0.444 e. The first kappa shape index (κ1) is 14.4. The van der Waals surface area contributed by atoms with E-state index in [0.29, 0.717) is 13.0 Å². The van der Waals surface area contributed by atoms with Crippen molar-refractivity contribution in [1.82, 2.24) is 20.3 Å². The van der Waals surface area contributed by atoms with Crippen LogP contribution in [0.1, 0.15) is 26.5 Å². The number of ether oxygens (including phenoxy) is 1. The fourth-order valence-corrected chi connectivity index (χ4v) is 1.37. The number of rotatable bonds is 4. The molecule has 7 heteroatoms. The van der Waals surface area contributed by atoms with E-state index in [1.165, 1.54) is 0 Å². The lowest BCUT2D eigenvalue weighted by atomic mass is 10.2. The van der Waals surface area contributed by atoms with E-state index in [1.54, 1.807) is 17.9 Å². The topological polar surface area (TPSA) is 95.1 Å². The van der Waals surface area contributed by atoms with Crippen molar-refractivity contribution in [2.75, 3.05) is 6.54 Å². The monoisotopic (exact) mass is 255 g/mol. The van der Waals surface area contributed by atoms with E-state index in [9.17, 15) is 4.79 Å². The second kappa shape index (κ2) is 5.81. The summed E-state index contributed by atoms with van der Waals surface area (Å²) in [6.07, 6.45) is 1.80. The van der Waals surface area contributed by atoms with Gasteiger partial charge in [-0.2, -0.15) is 0 Å². The van der Waals surface area contributed by atoms with Crippen molar-refractivity contribution >= 4 is 6.09 Å². The molecule has 3 N–H and O–H groups in total. The third kappa shape index (κ3) is 5.13. The number of aromatic nitrogens is 3. The molecule has 18 heavy (non-hydrogen) atoms. The maximum Gasteiger partial charge on any atom is 0.407 e. The molecule has 0 spiro atoms. The van der Waals surface area contributed by atoms with E-state index >= 15 is 0 Å². The number of carbonyl (C=O) groups is 1. The summed E-state index contributed by atoms with van der Waals surface area (Å²) < 4.78 is 6.77. The molecular formula is C11H21N5O2. The summed E-state index contributed by atoms with van der Waals surface area (Å²) in [7, 11) is 1.80. The molecule has 0 saturated carbocycles. The summed E-state index contributed by atoms with van der Waals surface area (Å²) in [5.41, 5.74) is 6.33. The Morgan fingerprint density at radius 3 is 2.78 bits per heavy atom. The SMILES string of the molecule is Cn1nncc1CC(N)CNC(=O)OC(C)(C)C. The van der Waals surface area contributed by atoms with Crippen LogP contribution < -0.4 is 11.1 Å². The van der Waals surface area contributed by atoms with E-state index in [-0.39, 0.29) is 6.04 Å². The summed E-state index contributed by atoms with van der Waals surface area (Å²) in [5.74, 6) is 0. The second-order valence-corrected chi connectivity index (χ2v) is 5.20. The van der Waals surface area contributed by atoms with Gasteiger partial charge in [0.1, 0.15) is 5.60 Å². The van der Waals surface area contributed by atoms with Crippen molar-refractivity contribution in [3.63, 3.8) is 0 Å². The third-order valence-corrected chi connectivity index (χ3v) is 2.19. The number of amides is 1. The maximum atomic E-state index is 11.4. The van der Waals surface area contributed by atoms with Crippen LogP contribution in [0.3, 0.4) is 0 Å². The molecule has 0 radical (unpaired) electrons. The lowest BCUT2D eigenvalue weighted by molar-refractivity contribution is 0.0524. The molecule has 0 aromatic carbocycles. The zero-order valence-corrected chi connectivity index (χ0v) is 11.3. The van der Waals surface area contributed by atoms with Gasteiger partial charge in [0.25, 0.3) is 0 Å². The van der Waals surface area contributed by atoms with Gasteiger partial charge in [-0.1, -0.05) is 5.21 Å². The Morgan fingerprint density at radius 2 is 2.28 bits per heavy atom. The first-order chi connectivity index (χ1) is 8.28. The van der Waals surface area contributed by atoms with Crippen LogP contribution in [0.25, 0.3) is 0 Å². The summed E-state index contributed by atoms with van der Waals surface area (Å²) >= 11 is 0. The zero-order chi connectivity index (χ0) is 13.8. The number of alkyl carbamates (subject to hydrolysis) is 1. The van der Waals surface area contributed by atoms with Crippen molar-refractivity contribution < 1.29 is 9.53 Å². The molecule has 0 aliphatic heterocycles. The number of hydrogen-bond donors (Lipinski definition) is 2. The van der Waals surface area contributed by atoms with Gasteiger partial charge in [-0.05, 0) is 20.8 Å². The molecule has 0 aliphatic carbocycles. The van der Waals surface area contributed by atoms with Crippen LogP contribution >= 0.6 is 0 Å². The van der Waals surface area contributed by atoms with Gasteiger partial charge in [0.15, 0.2) is 0 Å². The largest absolute Gasteiger partial charge is 0.444 e. The minimum absolute atomic E-state index is 0.199. The highest BCUT2D eigenvalue weighted by atomic mass is 16.6. The van der Waals surface area contributed by atoms with Gasteiger partial charge < -0.3 is 15.8 Å². The van der Waals surface area contributed by atoms with E-state index in [1.807, 2.05) is 20.8 Å². The normalized spacial score (nSPS) is 13.2. The van der Waals surface area contributed by atoms with Crippen molar-refractivity contribution in [2.24, 2.45) is 12.8 Å². The van der Waals surface area contributed by atoms with Crippen molar-refractivity contribution in [1.29, 1.82) is 0 Å². The van der Waals surface area contributed by atoms with Gasteiger partial charge in [0.05, 0.1) is 11.9 Å². The van der Waals surface area contributed by atoms with Crippen LogP contribution in [0.15, 0.2) is 6.20 Å². The Morgan fingerprint density at radius 1 is 1.61 bits per heavy atom. The Hall–Kier alpha value is -1.63. The van der Waals surface area contributed by atoms with Crippen LogP contribution in [0, 0.1) is 0 Å². The summed E-state index contributed by atoms with van der Waals surface area (Å²) in [6, 6.07) is -0.199. The van der Waals surface area contributed by atoms with Gasteiger partial charge in [0, 0.05) is 26.1 Å². The molecule has 1 heterocycles. The molecule has 1 rings (SSSR count). The second-order valence-electron chi connectivity index (χ2n) is 5.20. The number of carbonyl (C=O) groups excluding carboxylic acids is 1. The highest BCUT2D eigenvalue weighted by Gasteiger charge is 2.16. The number of nitrogens with two attached hydrogens (primary N) is 1. The van der Waals surface area contributed by atoms with Crippen LogP contribution in [0.5, 0.6) is 0 Å². The number of nitrogens with zero attached hydrogens (tertiary/aromatic N) is 3. The fourth-order valence-electron chi connectivity index (χ4n) is 1.37. The Bertz CT molecular complexity index is 396. The minimum atomic E-state index is -0.500. The van der Waals surface area contributed by atoms with Gasteiger partial charge >= 0.3 is 6.09 Å². The molecule has 0 aliphatic rings. The standard InChI is InChI=1S/C11H21N5O2/c1-11(2,3)18-10(17)13-6-8(12)5-9-7-14-15-16(9)4/h7-8H,5-6,12H2,1-4H3,(H,13,17). The smallest absolute Gasteiger partial charge is 0.407 e. The lowest BCUT2D eigenvalue weighted by Crippen LogP contribution is -2.41. The fraction of sp³-hybridized carbons (Fsp3) is 0.727. The van der Waals surface area contributed by atoms with E-state index in [2.05, 4.69) is 15.6 Å². The molecule has 0 bridgehead atoms. The van der Waals surface area contributed by atoms with Gasteiger partial charge in [-0.15, -0.1) is 5.10 Å². The predicted molar refractivity (Wildman–Crippen MR) is 66.9 cm³/mol. The molecule has 1 atom stereocenters. The third-order valence-electron chi connectivity index (χ3n) is 2.19. The van der Waals surface area contributed by atoms with Crippen molar-refractivity contribution in [3.8, 4) is 0 Å². The highest BCUT2D eigenvalue weighted by molar-refractivity contribution is 5.67. The van der Waals surface area contributed by atoms with Crippen LogP contribution in [0.2, 0.25) is 0 Å². The van der Waals surface area contributed by atoms with Crippen molar-refractivity contribution in [3.05, 3.63) is 11.9 Å². The summed E-state index contributed by atoms with van der Waals surface area (Å²) in [4.78, 5) is 11.4. The predicted octanol–water partition coefficient (Wildman–Crippen LogP) is 0.210. The molecule has 0 fully saturated rings. The van der Waals surface area contributed by atoms with Crippen LogP contribution in [-0.4, -0.2) is 39.3 Å². The van der Waals surface area contributed by atoms with E-state index in [4.69, 9.17) is 10.5 Å². The van der Waals surface area contributed by atoms with Gasteiger partial charge in [-0.25, -0.2) is 4.79 Å². The summed E-state index contributed by atoms with van der Waals surface area (Å²) in [5, 5.41) is 10.2. The molecule has 7 nitrogen and oxygen atoms in total. The first-order valence-electron chi connectivity index (χ1n) is 5.84. The highest BCUT2D eigenvalue weighted by Crippen LogP contribution is 2.06. The van der Waals surface area contributed by atoms with E-state index < -0.39 is 11.7 Å². The first-order valence-corrected chi connectivity index (χ1v) is 5.84. The van der Waals surface area contributed by atoms with E-state index in [0.717, 1.165) is 5.69 Å².